The van der Waals surface area contributed by atoms with Crippen LogP contribution in [0.25, 0.3) is 0 Å². The van der Waals surface area contributed by atoms with Crippen molar-refractivity contribution in [3.8, 4) is 0 Å². The van der Waals surface area contributed by atoms with Crippen molar-refractivity contribution in [2.24, 2.45) is 0 Å². The van der Waals surface area contributed by atoms with Crippen LogP contribution in [0.5, 0.6) is 0 Å². The van der Waals surface area contributed by atoms with Crippen LogP contribution < -0.4 is 10.6 Å². The van der Waals surface area contributed by atoms with Gasteiger partial charge in [0.25, 0.3) is 0 Å². The van der Waals surface area contributed by atoms with E-state index in [1.165, 1.54) is 27.9 Å². The van der Waals surface area contributed by atoms with Gasteiger partial charge >= 0.3 is 0 Å². The lowest BCUT2D eigenvalue weighted by Crippen LogP contribution is -2.56. The fraction of sp³-hybridized carbons (Fsp3) is 0.455. The molecule has 138 valence electrons. The highest BCUT2D eigenvalue weighted by Crippen LogP contribution is 2.30. The Morgan fingerprint density at radius 2 is 1.69 bits per heavy atom. The van der Waals surface area contributed by atoms with E-state index in [4.69, 9.17) is 5.73 Å². The number of hydrogen-bond acceptors (Lipinski definition) is 4. The average Bonchev–Trinajstić information content (AvgIpc) is 2.64. The normalized spacial score (nSPS) is 23.7. The Bertz CT molecular complexity index is 796. The molecule has 1 fully saturated rings. The molecule has 1 aliphatic carbocycles. The van der Waals surface area contributed by atoms with Gasteiger partial charge in [-0.3, -0.25) is 4.90 Å². The fourth-order valence-corrected chi connectivity index (χ4v) is 4.55. The molecule has 1 aliphatic heterocycles. The van der Waals surface area contributed by atoms with Crippen LogP contribution >= 0.6 is 0 Å². The minimum Gasteiger partial charge on any atom is -0.398 e. The number of fused-ring (bicyclic) bond motifs is 1. The number of aliphatic hydroxyl groups is 1. The summed E-state index contributed by atoms with van der Waals surface area (Å²) in [5.41, 5.74) is 13.6. The van der Waals surface area contributed by atoms with Crippen LogP contribution in [-0.2, 0) is 12.8 Å². The number of aryl methyl sites for hydroxylation is 1. The Morgan fingerprint density at radius 3 is 2.46 bits per heavy atom. The third-order valence-electron chi connectivity index (χ3n) is 6.30. The monoisotopic (exact) mass is 351 g/mol. The molecule has 0 spiro atoms. The zero-order valence-corrected chi connectivity index (χ0v) is 15.8. The Morgan fingerprint density at radius 1 is 0.962 bits per heavy atom. The number of nitrogen functional groups attached to an aromatic ring is 1. The van der Waals surface area contributed by atoms with Crippen LogP contribution in [0.1, 0.15) is 22.3 Å². The van der Waals surface area contributed by atoms with Crippen molar-refractivity contribution >= 4 is 11.4 Å². The SMILES string of the molecule is Cc1cccc(N2CCN(C3Cc4c(N)cccc4CC3O)CC2)c1C. The van der Waals surface area contributed by atoms with E-state index >= 15 is 0 Å². The first-order valence-corrected chi connectivity index (χ1v) is 9.64. The van der Waals surface area contributed by atoms with Gasteiger partial charge in [0.05, 0.1) is 6.10 Å². The maximum atomic E-state index is 10.7. The minimum atomic E-state index is -0.309. The second kappa shape index (κ2) is 6.93. The van der Waals surface area contributed by atoms with Crippen LogP contribution in [0.15, 0.2) is 36.4 Å². The largest absolute Gasteiger partial charge is 0.398 e. The number of nitrogens with zero attached hydrogens (tertiary/aromatic N) is 2. The van der Waals surface area contributed by atoms with Crippen molar-refractivity contribution in [3.05, 3.63) is 58.7 Å². The third kappa shape index (κ3) is 3.08. The molecule has 1 saturated heterocycles. The van der Waals surface area contributed by atoms with Crippen molar-refractivity contribution in [1.82, 2.24) is 4.90 Å². The summed E-state index contributed by atoms with van der Waals surface area (Å²) in [6.07, 6.45) is 1.26. The molecule has 0 radical (unpaired) electrons. The van der Waals surface area contributed by atoms with Crippen LogP contribution in [0.2, 0.25) is 0 Å². The summed E-state index contributed by atoms with van der Waals surface area (Å²) in [7, 11) is 0. The van der Waals surface area contributed by atoms with Gasteiger partial charge in [0.1, 0.15) is 0 Å². The van der Waals surface area contributed by atoms with Crippen molar-refractivity contribution < 1.29 is 5.11 Å². The van der Waals surface area contributed by atoms with Gasteiger partial charge in [-0.05, 0) is 54.7 Å². The molecule has 26 heavy (non-hydrogen) atoms. The molecule has 2 unspecified atom stereocenters. The Hall–Kier alpha value is -2.04. The predicted molar refractivity (Wildman–Crippen MR) is 108 cm³/mol. The van der Waals surface area contributed by atoms with Gasteiger partial charge in [0.2, 0.25) is 0 Å². The smallest absolute Gasteiger partial charge is 0.0739 e. The van der Waals surface area contributed by atoms with Crippen LogP contribution in [0.3, 0.4) is 0 Å². The summed E-state index contributed by atoms with van der Waals surface area (Å²) in [5.74, 6) is 0. The second-order valence-electron chi connectivity index (χ2n) is 7.77. The first-order valence-electron chi connectivity index (χ1n) is 9.64. The van der Waals surface area contributed by atoms with Gasteiger partial charge in [-0.1, -0.05) is 24.3 Å². The maximum Gasteiger partial charge on any atom is 0.0739 e. The molecule has 4 nitrogen and oxygen atoms in total. The standard InChI is InChI=1S/C22H29N3O/c1-15-5-3-8-20(16(15)2)24-9-11-25(12-10-24)21-14-18-17(13-22(21)26)6-4-7-19(18)23/h3-8,21-22,26H,9-14,23H2,1-2H3. The summed E-state index contributed by atoms with van der Waals surface area (Å²) in [4.78, 5) is 4.94. The molecule has 0 bridgehead atoms. The highest BCUT2D eigenvalue weighted by molar-refractivity contribution is 5.56. The molecule has 4 heteroatoms. The molecular weight excluding hydrogens is 322 g/mol. The molecule has 2 aliphatic rings. The second-order valence-corrected chi connectivity index (χ2v) is 7.77. The van der Waals surface area contributed by atoms with Gasteiger partial charge < -0.3 is 15.7 Å². The van der Waals surface area contributed by atoms with Crippen molar-refractivity contribution in [3.63, 3.8) is 0 Å². The van der Waals surface area contributed by atoms with E-state index in [9.17, 15) is 5.11 Å². The van der Waals surface area contributed by atoms with E-state index in [1.54, 1.807) is 0 Å². The summed E-state index contributed by atoms with van der Waals surface area (Å²) in [6.45, 7) is 8.36. The average molecular weight is 351 g/mol. The Kier molecular flexibility index (Phi) is 4.63. The van der Waals surface area contributed by atoms with E-state index in [2.05, 4.69) is 47.9 Å². The number of rotatable bonds is 2. The zero-order valence-electron chi connectivity index (χ0n) is 15.8. The number of benzene rings is 2. The van der Waals surface area contributed by atoms with Gasteiger partial charge in [-0.15, -0.1) is 0 Å². The summed E-state index contributed by atoms with van der Waals surface area (Å²) in [5, 5.41) is 10.7. The number of nitrogens with two attached hydrogens (primary N) is 1. The molecule has 1 heterocycles. The molecule has 0 amide bonds. The summed E-state index contributed by atoms with van der Waals surface area (Å²) >= 11 is 0. The molecule has 2 aromatic rings. The highest BCUT2D eigenvalue weighted by Gasteiger charge is 2.34. The highest BCUT2D eigenvalue weighted by atomic mass is 16.3. The molecule has 2 atom stereocenters. The van der Waals surface area contributed by atoms with Crippen molar-refractivity contribution in [1.29, 1.82) is 0 Å². The molecule has 0 aromatic heterocycles. The number of aliphatic hydroxyl groups excluding tert-OH is 1. The lowest BCUT2D eigenvalue weighted by Gasteiger charge is -2.44. The predicted octanol–water partition coefficient (Wildman–Crippen LogP) is 2.54. The van der Waals surface area contributed by atoms with Gasteiger partial charge in [0, 0.05) is 50.0 Å². The summed E-state index contributed by atoms with van der Waals surface area (Å²) < 4.78 is 0. The molecular formula is C22H29N3O. The number of piperazine rings is 1. The molecule has 0 saturated carbocycles. The first-order chi connectivity index (χ1) is 12.5. The molecule has 3 N–H and O–H groups in total. The number of anilines is 2. The summed E-state index contributed by atoms with van der Waals surface area (Å²) in [6, 6.07) is 12.8. The molecule has 2 aromatic carbocycles. The first kappa shape index (κ1) is 17.4. The topological polar surface area (TPSA) is 52.7 Å². The Labute approximate surface area is 156 Å². The van der Waals surface area contributed by atoms with Gasteiger partial charge in [-0.2, -0.15) is 0 Å². The fourth-order valence-electron chi connectivity index (χ4n) is 4.55. The van der Waals surface area contributed by atoms with E-state index in [-0.39, 0.29) is 12.1 Å². The van der Waals surface area contributed by atoms with Crippen LogP contribution in [0.4, 0.5) is 11.4 Å². The number of hydrogen-bond donors (Lipinski definition) is 2. The minimum absolute atomic E-state index is 0.174. The molecule has 4 rings (SSSR count). The maximum absolute atomic E-state index is 10.7. The van der Waals surface area contributed by atoms with Gasteiger partial charge in [-0.25, -0.2) is 0 Å². The lowest BCUT2D eigenvalue weighted by atomic mass is 9.84. The van der Waals surface area contributed by atoms with E-state index < -0.39 is 0 Å². The van der Waals surface area contributed by atoms with E-state index in [1.807, 2.05) is 12.1 Å². The van der Waals surface area contributed by atoms with Gasteiger partial charge in [0.15, 0.2) is 0 Å². The lowest BCUT2D eigenvalue weighted by molar-refractivity contribution is 0.0397. The Balaban J connectivity index is 1.47. The third-order valence-corrected chi connectivity index (χ3v) is 6.30. The van der Waals surface area contributed by atoms with E-state index in [0.29, 0.717) is 6.42 Å². The van der Waals surface area contributed by atoms with Crippen LogP contribution in [-0.4, -0.2) is 48.3 Å². The zero-order chi connectivity index (χ0) is 18.3. The van der Waals surface area contributed by atoms with Crippen molar-refractivity contribution in [2.75, 3.05) is 36.8 Å². The quantitative estimate of drug-likeness (QED) is 0.817. The van der Waals surface area contributed by atoms with Crippen LogP contribution in [0, 0.1) is 13.8 Å². The van der Waals surface area contributed by atoms with Crippen molar-refractivity contribution in [2.45, 2.75) is 38.8 Å². The van der Waals surface area contributed by atoms with E-state index in [0.717, 1.165) is 38.3 Å².